The number of hydrogen-bond acceptors (Lipinski definition) is 6. The van der Waals surface area contributed by atoms with Gasteiger partial charge in [0.25, 0.3) is 5.91 Å². The van der Waals surface area contributed by atoms with Crippen LogP contribution < -0.4 is 0 Å². The van der Waals surface area contributed by atoms with E-state index < -0.39 is 0 Å². The Morgan fingerprint density at radius 3 is 3.04 bits per heavy atom. The molecule has 1 aliphatic heterocycles. The van der Waals surface area contributed by atoms with Gasteiger partial charge in [-0.05, 0) is 12.8 Å². The third-order valence-corrected chi connectivity index (χ3v) is 5.12. The second kappa shape index (κ2) is 7.34. The minimum Gasteiger partial charge on any atom is -0.448 e. The first-order valence-corrected chi connectivity index (χ1v) is 9.23. The van der Waals surface area contributed by atoms with Gasteiger partial charge in [0.05, 0.1) is 12.9 Å². The van der Waals surface area contributed by atoms with Crippen LogP contribution in [0.3, 0.4) is 0 Å². The number of aromatic nitrogens is 6. The molecule has 0 unspecified atom stereocenters. The van der Waals surface area contributed by atoms with Crippen LogP contribution in [0.15, 0.2) is 29.5 Å². The molecule has 1 fully saturated rings. The zero-order valence-electron chi connectivity index (χ0n) is 15.6. The lowest BCUT2D eigenvalue weighted by Crippen LogP contribution is -2.40. The molecule has 0 spiro atoms. The van der Waals surface area contributed by atoms with E-state index in [4.69, 9.17) is 4.42 Å². The summed E-state index contributed by atoms with van der Waals surface area (Å²) in [6, 6.07) is 0. The minimum atomic E-state index is -0.0638. The zero-order chi connectivity index (χ0) is 18.8. The summed E-state index contributed by atoms with van der Waals surface area (Å²) in [6.07, 6.45) is 9.32. The predicted octanol–water partition coefficient (Wildman–Crippen LogP) is 1.63. The largest absolute Gasteiger partial charge is 0.448 e. The first-order valence-electron chi connectivity index (χ1n) is 9.23. The van der Waals surface area contributed by atoms with Crippen molar-refractivity contribution in [1.82, 2.24) is 34.2 Å². The van der Waals surface area contributed by atoms with Crippen molar-refractivity contribution in [2.24, 2.45) is 7.05 Å². The highest BCUT2D eigenvalue weighted by atomic mass is 16.3. The van der Waals surface area contributed by atoms with Crippen molar-refractivity contribution < 1.29 is 9.21 Å². The van der Waals surface area contributed by atoms with Crippen molar-refractivity contribution in [3.05, 3.63) is 48.2 Å². The van der Waals surface area contributed by atoms with E-state index in [0.29, 0.717) is 31.0 Å². The molecule has 0 saturated carbocycles. The monoisotopic (exact) mass is 369 g/mol. The third kappa shape index (κ3) is 3.36. The number of rotatable bonds is 5. The summed E-state index contributed by atoms with van der Waals surface area (Å²) in [5.41, 5.74) is 0.428. The van der Waals surface area contributed by atoms with Crippen molar-refractivity contribution >= 4 is 5.91 Å². The average molecular weight is 369 g/mol. The Kier molecular flexibility index (Phi) is 4.74. The summed E-state index contributed by atoms with van der Waals surface area (Å²) in [7, 11) is 1.98. The van der Waals surface area contributed by atoms with Gasteiger partial charge in [-0.1, -0.05) is 6.92 Å². The third-order valence-electron chi connectivity index (χ3n) is 5.12. The summed E-state index contributed by atoms with van der Waals surface area (Å²) in [4.78, 5) is 22.9. The Balaban J connectivity index is 1.50. The Morgan fingerprint density at radius 2 is 2.26 bits per heavy atom. The second-order valence-corrected chi connectivity index (χ2v) is 6.84. The number of likely N-dealkylation sites (tertiary alicyclic amines) is 1. The molecule has 3 aromatic heterocycles. The highest BCUT2D eigenvalue weighted by Gasteiger charge is 2.30. The molecule has 0 aliphatic carbocycles. The SMILES string of the molecule is CCc1ocnc1C(=O)N1CCC[C@@H](c2nnc(Cn3ccnc3)n2C)C1. The van der Waals surface area contributed by atoms with Gasteiger partial charge in [-0.3, -0.25) is 4.79 Å². The molecule has 1 amide bonds. The van der Waals surface area contributed by atoms with Gasteiger partial charge < -0.3 is 18.5 Å². The van der Waals surface area contributed by atoms with E-state index in [1.165, 1.54) is 6.39 Å². The number of piperidine rings is 1. The fraction of sp³-hybridized carbons (Fsp3) is 0.500. The molecule has 0 radical (unpaired) electrons. The lowest BCUT2D eigenvalue weighted by Gasteiger charge is -2.31. The van der Waals surface area contributed by atoms with Crippen LogP contribution in [0.5, 0.6) is 0 Å². The van der Waals surface area contributed by atoms with Crippen LogP contribution in [0, 0.1) is 0 Å². The Morgan fingerprint density at radius 1 is 1.37 bits per heavy atom. The van der Waals surface area contributed by atoms with E-state index in [9.17, 15) is 4.79 Å². The molecule has 4 heterocycles. The number of hydrogen-bond donors (Lipinski definition) is 0. The maximum Gasteiger partial charge on any atom is 0.276 e. The quantitative estimate of drug-likeness (QED) is 0.678. The van der Waals surface area contributed by atoms with Crippen molar-refractivity contribution in [2.75, 3.05) is 13.1 Å². The van der Waals surface area contributed by atoms with Crippen LogP contribution >= 0.6 is 0 Å². The Bertz CT molecular complexity index is 912. The number of carbonyl (C=O) groups is 1. The van der Waals surface area contributed by atoms with E-state index >= 15 is 0 Å². The molecule has 27 heavy (non-hydrogen) atoms. The number of amides is 1. The normalized spacial score (nSPS) is 17.4. The standard InChI is InChI=1S/C18H23N7O2/c1-3-14-16(20-12-27-14)18(26)25-7-4-5-13(9-25)17-22-21-15(23(17)2)10-24-8-6-19-11-24/h6,8,11-13H,3-5,7,9-10H2,1-2H3/t13-/m1/s1. The lowest BCUT2D eigenvalue weighted by molar-refractivity contribution is 0.0696. The van der Waals surface area contributed by atoms with Crippen LogP contribution in [0.1, 0.15) is 53.6 Å². The molecule has 1 atom stereocenters. The Hall–Kier alpha value is -2.97. The van der Waals surface area contributed by atoms with Crippen LogP contribution in [-0.4, -0.2) is 53.2 Å². The molecule has 3 aromatic rings. The lowest BCUT2D eigenvalue weighted by atomic mass is 9.96. The number of nitrogens with zero attached hydrogens (tertiary/aromatic N) is 7. The zero-order valence-corrected chi connectivity index (χ0v) is 15.6. The molecular formula is C18H23N7O2. The molecule has 142 valence electrons. The molecule has 1 aliphatic rings. The number of oxazole rings is 1. The van der Waals surface area contributed by atoms with Gasteiger partial charge >= 0.3 is 0 Å². The number of aryl methyl sites for hydroxylation is 1. The van der Waals surface area contributed by atoms with Crippen molar-refractivity contribution in [1.29, 1.82) is 0 Å². The van der Waals surface area contributed by atoms with Crippen molar-refractivity contribution in [3.8, 4) is 0 Å². The molecule has 9 heteroatoms. The molecule has 4 rings (SSSR count). The Labute approximate surface area is 157 Å². The van der Waals surface area contributed by atoms with E-state index in [1.54, 1.807) is 12.5 Å². The maximum atomic E-state index is 12.9. The van der Waals surface area contributed by atoms with Gasteiger partial charge in [-0.2, -0.15) is 0 Å². The van der Waals surface area contributed by atoms with Gasteiger partial charge in [0, 0.05) is 44.9 Å². The number of imidazole rings is 1. The second-order valence-electron chi connectivity index (χ2n) is 6.84. The van der Waals surface area contributed by atoms with Crippen LogP contribution in [0.2, 0.25) is 0 Å². The summed E-state index contributed by atoms with van der Waals surface area (Å²) < 4.78 is 9.31. The molecule has 1 saturated heterocycles. The summed E-state index contributed by atoms with van der Waals surface area (Å²) in [5.74, 6) is 2.53. The molecular weight excluding hydrogens is 346 g/mol. The van der Waals surface area contributed by atoms with Gasteiger partial charge in [0.2, 0.25) is 0 Å². The predicted molar refractivity (Wildman–Crippen MR) is 96.1 cm³/mol. The highest BCUT2D eigenvalue weighted by Crippen LogP contribution is 2.27. The van der Waals surface area contributed by atoms with Crippen LogP contribution in [0.25, 0.3) is 0 Å². The molecule has 0 N–H and O–H groups in total. The van der Waals surface area contributed by atoms with E-state index in [1.807, 2.05) is 34.2 Å². The first kappa shape index (κ1) is 17.4. The van der Waals surface area contributed by atoms with Crippen LogP contribution in [0.4, 0.5) is 0 Å². The maximum absolute atomic E-state index is 12.9. The van der Waals surface area contributed by atoms with Crippen molar-refractivity contribution in [2.45, 2.75) is 38.6 Å². The number of carbonyl (C=O) groups excluding carboxylic acids is 1. The fourth-order valence-corrected chi connectivity index (χ4v) is 3.63. The van der Waals surface area contributed by atoms with Gasteiger partial charge in [0.1, 0.15) is 11.6 Å². The topological polar surface area (TPSA) is 94.9 Å². The van der Waals surface area contributed by atoms with E-state index in [2.05, 4.69) is 20.2 Å². The molecule has 0 bridgehead atoms. The fourth-order valence-electron chi connectivity index (χ4n) is 3.63. The van der Waals surface area contributed by atoms with Gasteiger partial charge in [-0.25, -0.2) is 9.97 Å². The van der Waals surface area contributed by atoms with Crippen molar-refractivity contribution in [3.63, 3.8) is 0 Å². The highest BCUT2D eigenvalue weighted by molar-refractivity contribution is 5.93. The first-order chi connectivity index (χ1) is 13.2. The minimum absolute atomic E-state index is 0.0638. The average Bonchev–Trinajstić information content (AvgIpc) is 3.44. The van der Waals surface area contributed by atoms with E-state index in [-0.39, 0.29) is 11.8 Å². The van der Waals surface area contributed by atoms with Gasteiger partial charge in [-0.15, -0.1) is 10.2 Å². The molecule has 9 nitrogen and oxygen atoms in total. The summed E-state index contributed by atoms with van der Waals surface area (Å²) >= 11 is 0. The van der Waals surface area contributed by atoms with Crippen LogP contribution in [-0.2, 0) is 20.0 Å². The summed E-state index contributed by atoms with van der Waals surface area (Å²) in [6.45, 7) is 3.92. The molecule has 0 aromatic carbocycles. The van der Waals surface area contributed by atoms with E-state index in [0.717, 1.165) is 31.0 Å². The summed E-state index contributed by atoms with van der Waals surface area (Å²) in [5, 5.41) is 8.76. The smallest absolute Gasteiger partial charge is 0.276 e. The van der Waals surface area contributed by atoms with Gasteiger partial charge in [0.15, 0.2) is 17.9 Å².